The third-order valence-electron chi connectivity index (χ3n) is 8.25. The number of hydrogen-bond acceptors (Lipinski definition) is 3. The highest BCUT2D eigenvalue weighted by molar-refractivity contribution is 5.29. The molecule has 3 heteroatoms. The normalized spacial score (nSPS) is 37.7. The van der Waals surface area contributed by atoms with Crippen molar-refractivity contribution in [1.29, 1.82) is 0 Å². The fraction of sp³-hybridized carbons (Fsp3) is 0.704. The van der Waals surface area contributed by atoms with E-state index in [9.17, 15) is 15.3 Å². The SMILES string of the molecule is C=C(C)C[C@@H](O)C[C@@H](C)C1CCC2/C(=C/C=C3C[C@@H](O)C(=C)[C@H](O)C3)CCC[C@@]21C. The Bertz CT molecular complexity index is 702. The van der Waals surface area contributed by atoms with E-state index in [0.717, 1.165) is 24.0 Å². The summed E-state index contributed by atoms with van der Waals surface area (Å²) in [6.45, 7) is 14.6. The molecule has 0 spiro atoms. The number of aliphatic hydroxyl groups excluding tert-OH is 3. The Balaban J connectivity index is 1.71. The summed E-state index contributed by atoms with van der Waals surface area (Å²) < 4.78 is 0. The van der Waals surface area contributed by atoms with Crippen molar-refractivity contribution < 1.29 is 15.3 Å². The lowest BCUT2D eigenvalue weighted by Gasteiger charge is -2.44. The molecule has 0 amide bonds. The van der Waals surface area contributed by atoms with Crippen molar-refractivity contribution in [1.82, 2.24) is 0 Å². The van der Waals surface area contributed by atoms with Gasteiger partial charge in [-0.3, -0.25) is 0 Å². The fourth-order valence-corrected chi connectivity index (χ4v) is 6.72. The first-order valence-corrected chi connectivity index (χ1v) is 11.9. The number of hydrogen-bond donors (Lipinski definition) is 3. The van der Waals surface area contributed by atoms with Crippen LogP contribution >= 0.6 is 0 Å². The molecular formula is C27H42O3. The molecule has 0 aliphatic heterocycles. The first kappa shape index (κ1) is 23.5. The van der Waals surface area contributed by atoms with E-state index in [0.29, 0.717) is 48.0 Å². The van der Waals surface area contributed by atoms with Crippen molar-refractivity contribution >= 4 is 0 Å². The fourth-order valence-electron chi connectivity index (χ4n) is 6.72. The molecule has 3 fully saturated rings. The molecule has 7 atom stereocenters. The van der Waals surface area contributed by atoms with Crippen LogP contribution in [0.15, 0.2) is 47.6 Å². The lowest BCUT2D eigenvalue weighted by atomic mass is 9.60. The molecule has 30 heavy (non-hydrogen) atoms. The summed E-state index contributed by atoms with van der Waals surface area (Å²) in [6, 6.07) is 0. The van der Waals surface area contributed by atoms with E-state index >= 15 is 0 Å². The van der Waals surface area contributed by atoms with Gasteiger partial charge in [0.05, 0.1) is 18.3 Å². The second-order valence-corrected chi connectivity index (χ2v) is 10.7. The maximum Gasteiger partial charge on any atom is 0.0809 e. The van der Waals surface area contributed by atoms with E-state index in [2.05, 4.69) is 39.2 Å². The Labute approximate surface area is 183 Å². The minimum Gasteiger partial charge on any atom is -0.393 e. The maximum absolute atomic E-state index is 10.4. The summed E-state index contributed by atoms with van der Waals surface area (Å²) in [7, 11) is 0. The zero-order valence-corrected chi connectivity index (χ0v) is 19.2. The van der Waals surface area contributed by atoms with Gasteiger partial charge in [-0.05, 0) is 93.5 Å². The molecule has 0 radical (unpaired) electrons. The van der Waals surface area contributed by atoms with Gasteiger partial charge in [-0.15, -0.1) is 6.58 Å². The van der Waals surface area contributed by atoms with Crippen LogP contribution in [0.5, 0.6) is 0 Å². The lowest BCUT2D eigenvalue weighted by Crippen LogP contribution is -2.36. The second kappa shape index (κ2) is 9.54. The molecule has 0 aromatic rings. The third-order valence-corrected chi connectivity index (χ3v) is 8.25. The van der Waals surface area contributed by atoms with Crippen LogP contribution < -0.4 is 0 Å². The van der Waals surface area contributed by atoms with E-state index < -0.39 is 12.2 Å². The zero-order chi connectivity index (χ0) is 22.1. The predicted octanol–water partition coefficient (Wildman–Crippen LogP) is 5.48. The van der Waals surface area contributed by atoms with Crippen molar-refractivity contribution in [2.45, 2.75) is 96.9 Å². The van der Waals surface area contributed by atoms with Gasteiger partial charge in [-0.1, -0.05) is 49.3 Å². The standard InChI is InChI=1S/C27H42O3/c1-17(2)13-22(28)14-18(3)23-10-11-24-21(7-6-12-27(23,24)5)9-8-20-15-25(29)19(4)26(30)16-20/h8-9,18,22-26,28-30H,1,4,6-7,10-16H2,2-3,5H3/b21-9+/t18-,22-,23?,24?,25-,26-,27-/m1/s1. The van der Waals surface area contributed by atoms with Crippen LogP contribution in [0.4, 0.5) is 0 Å². The highest BCUT2D eigenvalue weighted by Crippen LogP contribution is 2.59. The van der Waals surface area contributed by atoms with E-state index in [-0.39, 0.29) is 6.10 Å². The molecule has 3 saturated carbocycles. The van der Waals surface area contributed by atoms with Crippen LogP contribution in [0.2, 0.25) is 0 Å². The summed E-state index contributed by atoms with van der Waals surface area (Å²) in [4.78, 5) is 0. The van der Waals surface area contributed by atoms with E-state index in [1.54, 1.807) is 5.57 Å². The Morgan fingerprint density at radius 3 is 2.50 bits per heavy atom. The van der Waals surface area contributed by atoms with Crippen molar-refractivity contribution in [2.75, 3.05) is 0 Å². The van der Waals surface area contributed by atoms with Gasteiger partial charge in [0.2, 0.25) is 0 Å². The van der Waals surface area contributed by atoms with Gasteiger partial charge in [-0.25, -0.2) is 0 Å². The average molecular weight is 415 g/mol. The Morgan fingerprint density at radius 1 is 1.20 bits per heavy atom. The van der Waals surface area contributed by atoms with E-state index in [1.807, 2.05) is 6.92 Å². The average Bonchev–Trinajstić information content (AvgIpc) is 3.01. The predicted molar refractivity (Wildman–Crippen MR) is 124 cm³/mol. The molecule has 0 aromatic carbocycles. The van der Waals surface area contributed by atoms with Crippen LogP contribution in [-0.2, 0) is 0 Å². The van der Waals surface area contributed by atoms with Crippen LogP contribution in [-0.4, -0.2) is 33.6 Å². The number of allylic oxidation sites excluding steroid dienone is 3. The van der Waals surface area contributed by atoms with Crippen LogP contribution in [0.1, 0.15) is 78.6 Å². The third kappa shape index (κ3) is 5.00. The smallest absolute Gasteiger partial charge is 0.0809 e. The summed E-state index contributed by atoms with van der Waals surface area (Å²) in [5, 5.41) is 30.7. The van der Waals surface area contributed by atoms with Crippen molar-refractivity contribution in [3.05, 3.63) is 47.6 Å². The Kier molecular flexibility index (Phi) is 7.48. The highest BCUT2D eigenvalue weighted by atomic mass is 16.3. The topological polar surface area (TPSA) is 60.7 Å². The lowest BCUT2D eigenvalue weighted by molar-refractivity contribution is 0.0641. The minimum absolute atomic E-state index is 0.276. The summed E-state index contributed by atoms with van der Waals surface area (Å²) in [5.74, 6) is 1.78. The Hall–Kier alpha value is -1.16. The molecule has 3 N–H and O–H groups in total. The quantitative estimate of drug-likeness (QED) is 0.504. The van der Waals surface area contributed by atoms with Gasteiger partial charge in [-0.2, -0.15) is 0 Å². The van der Waals surface area contributed by atoms with Gasteiger partial charge in [0.1, 0.15) is 0 Å². The van der Waals surface area contributed by atoms with Crippen LogP contribution in [0.25, 0.3) is 0 Å². The molecule has 3 rings (SSSR count). The van der Waals surface area contributed by atoms with Gasteiger partial charge < -0.3 is 15.3 Å². The van der Waals surface area contributed by atoms with Crippen LogP contribution in [0, 0.1) is 23.2 Å². The first-order valence-electron chi connectivity index (χ1n) is 11.9. The maximum atomic E-state index is 10.4. The van der Waals surface area contributed by atoms with Crippen LogP contribution in [0.3, 0.4) is 0 Å². The molecular weight excluding hydrogens is 372 g/mol. The monoisotopic (exact) mass is 414 g/mol. The molecule has 0 heterocycles. The zero-order valence-electron chi connectivity index (χ0n) is 19.2. The largest absolute Gasteiger partial charge is 0.393 e. The summed E-state index contributed by atoms with van der Waals surface area (Å²) >= 11 is 0. The van der Waals surface area contributed by atoms with Crippen molar-refractivity contribution in [3.63, 3.8) is 0 Å². The van der Waals surface area contributed by atoms with Crippen molar-refractivity contribution in [2.24, 2.45) is 23.2 Å². The Morgan fingerprint density at radius 2 is 1.87 bits per heavy atom. The first-order chi connectivity index (χ1) is 14.1. The molecule has 0 bridgehead atoms. The summed E-state index contributed by atoms with van der Waals surface area (Å²) in [5.41, 5.74) is 4.58. The van der Waals surface area contributed by atoms with Gasteiger partial charge in [0.25, 0.3) is 0 Å². The molecule has 0 aromatic heterocycles. The number of fused-ring (bicyclic) bond motifs is 1. The van der Waals surface area contributed by atoms with E-state index in [4.69, 9.17) is 0 Å². The molecule has 3 aliphatic rings. The number of aliphatic hydroxyl groups is 3. The minimum atomic E-state index is -0.627. The molecule has 168 valence electrons. The highest BCUT2D eigenvalue weighted by Gasteiger charge is 2.50. The molecule has 0 saturated heterocycles. The van der Waals surface area contributed by atoms with Crippen molar-refractivity contribution in [3.8, 4) is 0 Å². The van der Waals surface area contributed by atoms with Gasteiger partial charge in [0.15, 0.2) is 0 Å². The summed E-state index contributed by atoms with van der Waals surface area (Å²) in [6.07, 6.45) is 11.8. The molecule has 3 nitrogen and oxygen atoms in total. The second-order valence-electron chi connectivity index (χ2n) is 10.7. The van der Waals surface area contributed by atoms with Gasteiger partial charge in [0, 0.05) is 0 Å². The molecule has 3 aliphatic carbocycles. The molecule has 2 unspecified atom stereocenters. The number of rotatable bonds is 6. The van der Waals surface area contributed by atoms with Gasteiger partial charge >= 0.3 is 0 Å². The van der Waals surface area contributed by atoms with E-state index in [1.165, 1.54) is 25.7 Å².